The van der Waals surface area contributed by atoms with Gasteiger partial charge in [0.05, 0.1) is 19.3 Å². The summed E-state index contributed by atoms with van der Waals surface area (Å²) in [5, 5.41) is 29.1. The van der Waals surface area contributed by atoms with Gasteiger partial charge in [0, 0.05) is 5.56 Å². The van der Waals surface area contributed by atoms with E-state index in [0.717, 1.165) is 28.6 Å². The Morgan fingerprint density at radius 2 is 1.74 bits per heavy atom. The molecule has 0 fully saturated rings. The number of fused-ring (bicyclic) bond motifs is 1. The average Bonchev–Trinajstić information content (AvgIpc) is 3.06. The number of aliphatic hydroxyl groups is 1. The van der Waals surface area contributed by atoms with E-state index in [2.05, 4.69) is 31.0 Å². The van der Waals surface area contributed by atoms with Crippen molar-refractivity contribution in [2.24, 2.45) is 0 Å². The third-order valence-corrected chi connectivity index (χ3v) is 4.58. The molecule has 0 saturated carbocycles. The molecule has 1 heterocycles. The van der Waals surface area contributed by atoms with Crippen LogP contribution in [-0.4, -0.2) is 38.4 Å². The number of rotatable bonds is 6. The van der Waals surface area contributed by atoms with Crippen LogP contribution in [-0.2, 0) is 10.2 Å². The van der Waals surface area contributed by atoms with Gasteiger partial charge in [0.15, 0.2) is 0 Å². The number of aliphatic hydroxyl groups excluding tert-OH is 1. The number of phenols is 1. The van der Waals surface area contributed by atoms with Gasteiger partial charge in [-0.3, -0.25) is 0 Å². The Balaban J connectivity index is 2.18. The van der Waals surface area contributed by atoms with Gasteiger partial charge in [-0.1, -0.05) is 39.8 Å². The Hall–Kier alpha value is -2.44. The Bertz CT molecular complexity index is 895. The Morgan fingerprint density at radius 1 is 1.11 bits per heavy atom. The molecule has 0 spiro atoms. The summed E-state index contributed by atoms with van der Waals surface area (Å²) in [6, 6.07) is 11.5. The quantitative estimate of drug-likeness (QED) is 0.689. The summed E-state index contributed by atoms with van der Waals surface area (Å²) in [5.41, 5.74) is 3.54. The molecule has 3 rings (SSSR count). The number of benzene rings is 2. The first-order valence-corrected chi connectivity index (χ1v) is 9.27. The van der Waals surface area contributed by atoms with Crippen molar-refractivity contribution >= 4 is 11.0 Å². The maximum atomic E-state index is 11.0. The van der Waals surface area contributed by atoms with Crippen LogP contribution in [0.3, 0.4) is 0 Å². The van der Waals surface area contributed by atoms with Crippen molar-refractivity contribution in [1.82, 2.24) is 15.0 Å². The monoisotopic (exact) mass is 369 g/mol. The maximum absolute atomic E-state index is 11.0. The molecule has 0 radical (unpaired) electrons. The Kier molecular flexibility index (Phi) is 5.48. The number of hydrogen-bond acceptors (Lipinski definition) is 5. The van der Waals surface area contributed by atoms with Crippen LogP contribution in [0.15, 0.2) is 36.4 Å². The van der Waals surface area contributed by atoms with Crippen molar-refractivity contribution in [3.05, 3.63) is 47.5 Å². The molecule has 0 aliphatic carbocycles. The fourth-order valence-electron chi connectivity index (χ4n) is 3.16. The van der Waals surface area contributed by atoms with E-state index in [1.54, 1.807) is 0 Å². The smallest absolute Gasteiger partial charge is 0.146 e. The second-order valence-electron chi connectivity index (χ2n) is 7.66. The van der Waals surface area contributed by atoms with E-state index in [0.29, 0.717) is 5.69 Å². The van der Waals surface area contributed by atoms with Gasteiger partial charge in [0.1, 0.15) is 22.5 Å². The highest BCUT2D eigenvalue weighted by Crippen LogP contribution is 2.38. The minimum absolute atomic E-state index is 0.0281. The third kappa shape index (κ3) is 3.96. The van der Waals surface area contributed by atoms with Crippen LogP contribution in [0.25, 0.3) is 16.7 Å². The van der Waals surface area contributed by atoms with Gasteiger partial charge in [-0.05, 0) is 41.7 Å². The summed E-state index contributed by atoms with van der Waals surface area (Å²) < 4.78 is 5.80. The topological polar surface area (TPSA) is 80.4 Å². The van der Waals surface area contributed by atoms with Gasteiger partial charge >= 0.3 is 0 Å². The van der Waals surface area contributed by atoms with Gasteiger partial charge < -0.3 is 14.9 Å². The fourth-order valence-corrected chi connectivity index (χ4v) is 3.16. The molecule has 6 heteroatoms. The number of nitrogens with zero attached hydrogens (tertiary/aromatic N) is 3. The van der Waals surface area contributed by atoms with Gasteiger partial charge in [-0.15, -0.1) is 15.0 Å². The second-order valence-corrected chi connectivity index (χ2v) is 7.66. The zero-order valence-electron chi connectivity index (χ0n) is 16.3. The summed E-state index contributed by atoms with van der Waals surface area (Å²) in [5.74, 6) is 0.170. The van der Waals surface area contributed by atoms with Crippen molar-refractivity contribution in [3.63, 3.8) is 0 Å². The predicted molar refractivity (Wildman–Crippen MR) is 105 cm³/mol. The van der Waals surface area contributed by atoms with E-state index < -0.39 is 0 Å². The molecule has 1 unspecified atom stereocenters. The lowest BCUT2D eigenvalue weighted by atomic mass is 9.84. The van der Waals surface area contributed by atoms with E-state index in [1.807, 2.05) is 43.3 Å². The highest BCUT2D eigenvalue weighted by molar-refractivity contribution is 5.73. The zero-order valence-corrected chi connectivity index (χ0v) is 16.3. The largest absolute Gasteiger partial charge is 0.505 e. The van der Waals surface area contributed by atoms with Crippen LogP contribution >= 0.6 is 0 Å². The van der Waals surface area contributed by atoms with Crippen LogP contribution in [0.5, 0.6) is 5.75 Å². The fraction of sp³-hybridized carbons (Fsp3) is 0.429. The maximum Gasteiger partial charge on any atom is 0.146 e. The number of ether oxygens (including phenoxy) is 1. The normalized spacial score (nSPS) is 13.2. The van der Waals surface area contributed by atoms with Crippen molar-refractivity contribution in [2.45, 2.75) is 45.6 Å². The van der Waals surface area contributed by atoms with E-state index in [4.69, 9.17) is 9.84 Å². The summed E-state index contributed by atoms with van der Waals surface area (Å²) in [6.07, 6.45) is 0.574. The van der Waals surface area contributed by atoms with Crippen molar-refractivity contribution in [2.75, 3.05) is 13.2 Å². The lowest BCUT2D eigenvalue weighted by Gasteiger charge is -2.25. The molecule has 0 bridgehead atoms. The van der Waals surface area contributed by atoms with Crippen LogP contribution < -0.4 is 0 Å². The molecular weight excluding hydrogens is 342 g/mol. The lowest BCUT2D eigenvalue weighted by Crippen LogP contribution is -2.16. The first kappa shape index (κ1) is 19.3. The lowest BCUT2D eigenvalue weighted by molar-refractivity contribution is 0.0256. The van der Waals surface area contributed by atoms with Crippen LogP contribution in [0.1, 0.15) is 51.3 Å². The van der Waals surface area contributed by atoms with Gasteiger partial charge in [-0.2, -0.15) is 0 Å². The average molecular weight is 369 g/mol. The molecule has 27 heavy (non-hydrogen) atoms. The van der Waals surface area contributed by atoms with Gasteiger partial charge in [0.25, 0.3) is 0 Å². The summed E-state index contributed by atoms with van der Waals surface area (Å²) >= 11 is 0. The predicted octanol–water partition coefficient (Wildman–Crippen LogP) is 3.88. The van der Waals surface area contributed by atoms with Crippen molar-refractivity contribution in [1.29, 1.82) is 0 Å². The molecule has 0 amide bonds. The Labute approximate surface area is 159 Å². The number of aromatic hydroxyl groups is 1. The molecule has 2 N–H and O–H groups in total. The second kappa shape index (κ2) is 7.66. The summed E-state index contributed by atoms with van der Waals surface area (Å²) in [7, 11) is 0. The van der Waals surface area contributed by atoms with Gasteiger partial charge in [0.2, 0.25) is 0 Å². The molecule has 144 valence electrons. The van der Waals surface area contributed by atoms with E-state index in [9.17, 15) is 5.11 Å². The standard InChI is InChI=1S/C21H27N3O3/c1-5-19(27-11-10-25)14-12-15(21(2,3)4)20(26)18(13-14)24-22-16-8-6-7-9-17(16)23-24/h6-9,12-13,19,25-26H,5,10-11H2,1-4H3. The highest BCUT2D eigenvalue weighted by Gasteiger charge is 2.25. The van der Waals surface area contributed by atoms with Crippen molar-refractivity contribution in [3.8, 4) is 11.4 Å². The van der Waals surface area contributed by atoms with E-state index in [1.165, 1.54) is 4.80 Å². The van der Waals surface area contributed by atoms with Gasteiger partial charge in [-0.25, -0.2) is 0 Å². The minimum atomic E-state index is -0.267. The van der Waals surface area contributed by atoms with Crippen LogP contribution in [0.2, 0.25) is 0 Å². The summed E-state index contributed by atoms with van der Waals surface area (Å²) in [6.45, 7) is 8.43. The van der Waals surface area contributed by atoms with E-state index >= 15 is 0 Å². The molecule has 0 aliphatic heterocycles. The molecule has 6 nitrogen and oxygen atoms in total. The molecule has 0 saturated heterocycles. The van der Waals surface area contributed by atoms with Crippen LogP contribution in [0, 0.1) is 0 Å². The van der Waals surface area contributed by atoms with E-state index in [-0.39, 0.29) is 30.5 Å². The van der Waals surface area contributed by atoms with Crippen LogP contribution in [0.4, 0.5) is 0 Å². The molecule has 0 aliphatic rings. The molecule has 1 atom stereocenters. The Morgan fingerprint density at radius 3 is 2.26 bits per heavy atom. The van der Waals surface area contributed by atoms with Crippen molar-refractivity contribution < 1.29 is 14.9 Å². The first-order chi connectivity index (χ1) is 12.8. The minimum Gasteiger partial charge on any atom is -0.505 e. The summed E-state index contributed by atoms with van der Waals surface area (Å²) in [4.78, 5) is 1.48. The zero-order chi connectivity index (χ0) is 19.6. The first-order valence-electron chi connectivity index (χ1n) is 9.27. The highest BCUT2D eigenvalue weighted by atomic mass is 16.5. The third-order valence-electron chi connectivity index (χ3n) is 4.58. The number of hydrogen-bond donors (Lipinski definition) is 2. The number of aromatic nitrogens is 3. The molecule has 2 aromatic carbocycles. The molecular formula is C21H27N3O3. The molecule has 3 aromatic rings. The molecule has 1 aromatic heterocycles. The number of phenolic OH excluding ortho intramolecular Hbond substituents is 1. The SMILES string of the molecule is CCC(OCCO)c1cc(-n2nc3ccccc3n2)c(O)c(C(C)(C)C)c1.